The van der Waals surface area contributed by atoms with Crippen molar-refractivity contribution in [1.82, 2.24) is 29.3 Å². The minimum Gasteiger partial charge on any atom is -0.465 e. The first-order valence-corrected chi connectivity index (χ1v) is 14.9. The molecule has 9 nitrogen and oxygen atoms in total. The van der Waals surface area contributed by atoms with E-state index in [4.69, 9.17) is 15.7 Å². The molecule has 1 spiro atoms. The number of anilines is 1. The van der Waals surface area contributed by atoms with Crippen LogP contribution < -0.4 is 5.73 Å². The van der Waals surface area contributed by atoms with Crippen LogP contribution in [0.15, 0.2) is 85.1 Å². The summed E-state index contributed by atoms with van der Waals surface area (Å²) in [6.45, 7) is 4.29. The first-order valence-electron chi connectivity index (χ1n) is 14.9. The highest BCUT2D eigenvalue weighted by atomic mass is 16.4. The maximum atomic E-state index is 11.3. The summed E-state index contributed by atoms with van der Waals surface area (Å²) in [4.78, 5) is 29.8. The standard InChI is InChI=1S/C34H35N7O2/c35-30-27(7-4-18-36-30)31-38-29-13-12-28(25-5-2-1-3-6-25)37-32(29)41(31)26-10-8-24(9-11-26)23-39-19-14-34(15-20-39)16-21-40(22-17-34)33(42)43/h1-13,18H,14-17,19-23H2,(H2,35,36)(H,42,43). The van der Waals surface area contributed by atoms with Crippen LogP contribution in [0, 0.1) is 5.41 Å². The van der Waals surface area contributed by atoms with Crippen LogP contribution in [0.5, 0.6) is 0 Å². The summed E-state index contributed by atoms with van der Waals surface area (Å²) in [6, 6.07) is 26.6. The lowest BCUT2D eigenvalue weighted by molar-refractivity contribution is 0.0341. The number of rotatable bonds is 5. The van der Waals surface area contributed by atoms with E-state index >= 15 is 0 Å². The summed E-state index contributed by atoms with van der Waals surface area (Å²) in [5.74, 6) is 1.14. The Hall–Kier alpha value is -4.76. The number of nitrogen functional groups attached to an aromatic ring is 1. The molecule has 0 radical (unpaired) electrons. The smallest absolute Gasteiger partial charge is 0.407 e. The summed E-state index contributed by atoms with van der Waals surface area (Å²) in [7, 11) is 0. The number of pyridine rings is 2. The van der Waals surface area contributed by atoms with Crippen LogP contribution in [0.2, 0.25) is 0 Å². The third kappa shape index (κ3) is 5.32. The molecule has 0 aliphatic carbocycles. The maximum Gasteiger partial charge on any atom is 0.407 e. The number of imidazole rings is 1. The number of fused-ring (bicyclic) bond motifs is 1. The van der Waals surface area contributed by atoms with Crippen molar-refractivity contribution in [3.63, 3.8) is 0 Å². The molecule has 2 aliphatic heterocycles. The third-order valence-corrected chi connectivity index (χ3v) is 9.27. The second-order valence-electron chi connectivity index (χ2n) is 11.8. The van der Waals surface area contributed by atoms with Gasteiger partial charge in [0.15, 0.2) is 11.5 Å². The summed E-state index contributed by atoms with van der Waals surface area (Å²) in [5, 5.41) is 9.31. The fourth-order valence-electron chi connectivity index (χ4n) is 6.63. The number of aromatic nitrogens is 4. The van der Waals surface area contributed by atoms with E-state index in [1.165, 1.54) is 5.56 Å². The molecule has 2 fully saturated rings. The molecule has 0 saturated carbocycles. The summed E-state index contributed by atoms with van der Waals surface area (Å²) < 4.78 is 2.08. The van der Waals surface area contributed by atoms with E-state index in [1.807, 2.05) is 42.5 Å². The minimum absolute atomic E-state index is 0.297. The molecule has 2 aliphatic rings. The van der Waals surface area contributed by atoms with Crippen molar-refractivity contribution in [2.24, 2.45) is 5.41 Å². The van der Waals surface area contributed by atoms with Gasteiger partial charge < -0.3 is 15.7 Å². The van der Waals surface area contributed by atoms with Crippen LogP contribution in [0.3, 0.4) is 0 Å². The lowest BCUT2D eigenvalue weighted by atomic mass is 9.71. The number of carboxylic acid groups (broad SMARTS) is 1. The largest absolute Gasteiger partial charge is 0.465 e. The number of amides is 1. The fourth-order valence-corrected chi connectivity index (χ4v) is 6.63. The van der Waals surface area contributed by atoms with E-state index < -0.39 is 6.09 Å². The normalized spacial score (nSPS) is 17.0. The van der Waals surface area contributed by atoms with E-state index in [2.05, 4.69) is 50.8 Å². The van der Waals surface area contributed by atoms with Gasteiger partial charge in [0.25, 0.3) is 0 Å². The van der Waals surface area contributed by atoms with Gasteiger partial charge >= 0.3 is 6.09 Å². The Morgan fingerprint density at radius 2 is 1.56 bits per heavy atom. The van der Waals surface area contributed by atoms with Gasteiger partial charge in [0.05, 0.1) is 11.3 Å². The molecular formula is C34H35N7O2. The zero-order valence-corrected chi connectivity index (χ0v) is 24.1. The Morgan fingerprint density at radius 1 is 0.837 bits per heavy atom. The van der Waals surface area contributed by atoms with Gasteiger partial charge in [-0.1, -0.05) is 42.5 Å². The van der Waals surface area contributed by atoms with Crippen molar-refractivity contribution in [2.75, 3.05) is 31.9 Å². The second kappa shape index (κ2) is 11.1. The molecule has 43 heavy (non-hydrogen) atoms. The zero-order valence-electron chi connectivity index (χ0n) is 24.1. The van der Waals surface area contributed by atoms with E-state index in [9.17, 15) is 9.90 Å². The molecule has 0 atom stereocenters. The Balaban J connectivity index is 1.15. The zero-order chi connectivity index (χ0) is 29.4. The highest BCUT2D eigenvalue weighted by molar-refractivity contribution is 5.84. The predicted octanol–water partition coefficient (Wildman–Crippen LogP) is 6.09. The summed E-state index contributed by atoms with van der Waals surface area (Å²) >= 11 is 0. The Bertz CT molecular complexity index is 1750. The van der Waals surface area contributed by atoms with Gasteiger partial charge in [-0.05, 0) is 86.1 Å². The molecule has 3 N–H and O–H groups in total. The van der Waals surface area contributed by atoms with Crippen molar-refractivity contribution in [3.05, 3.63) is 90.6 Å². The van der Waals surface area contributed by atoms with Crippen LogP contribution in [0.4, 0.5) is 10.6 Å². The molecule has 0 unspecified atom stereocenters. The molecule has 2 saturated heterocycles. The average molecular weight is 574 g/mol. The predicted molar refractivity (Wildman–Crippen MR) is 168 cm³/mol. The lowest BCUT2D eigenvalue weighted by Crippen LogP contribution is -2.47. The Kier molecular flexibility index (Phi) is 7.02. The molecule has 7 rings (SSSR count). The van der Waals surface area contributed by atoms with Gasteiger partial charge in [-0.3, -0.25) is 9.47 Å². The second-order valence-corrected chi connectivity index (χ2v) is 11.8. The van der Waals surface area contributed by atoms with Gasteiger partial charge in [-0.25, -0.2) is 19.7 Å². The highest BCUT2D eigenvalue weighted by Crippen LogP contribution is 2.41. The number of hydrogen-bond donors (Lipinski definition) is 2. The molecular weight excluding hydrogens is 538 g/mol. The van der Waals surface area contributed by atoms with Gasteiger partial charge in [0.1, 0.15) is 11.3 Å². The molecule has 5 heterocycles. The number of benzene rings is 2. The van der Waals surface area contributed by atoms with Gasteiger partial charge in [-0.2, -0.15) is 0 Å². The average Bonchev–Trinajstić information content (AvgIpc) is 3.42. The minimum atomic E-state index is -0.789. The van der Waals surface area contributed by atoms with Crippen LogP contribution in [0.25, 0.3) is 39.5 Å². The van der Waals surface area contributed by atoms with Gasteiger partial charge in [0.2, 0.25) is 0 Å². The number of carbonyl (C=O) groups is 1. The van der Waals surface area contributed by atoms with Crippen LogP contribution in [-0.2, 0) is 6.54 Å². The van der Waals surface area contributed by atoms with Crippen LogP contribution >= 0.6 is 0 Å². The van der Waals surface area contributed by atoms with Crippen LogP contribution in [-0.4, -0.2) is 66.7 Å². The molecule has 9 heteroatoms. The topological polar surface area (TPSA) is 113 Å². The van der Waals surface area contributed by atoms with Crippen molar-refractivity contribution in [2.45, 2.75) is 32.2 Å². The third-order valence-electron chi connectivity index (χ3n) is 9.27. The van der Waals surface area contributed by atoms with E-state index in [-0.39, 0.29) is 0 Å². The van der Waals surface area contributed by atoms with Gasteiger partial charge in [-0.15, -0.1) is 0 Å². The van der Waals surface area contributed by atoms with E-state index in [1.54, 1.807) is 11.1 Å². The fraction of sp³-hybridized carbons (Fsp3) is 0.294. The van der Waals surface area contributed by atoms with E-state index in [0.717, 1.165) is 79.0 Å². The number of piperidine rings is 2. The van der Waals surface area contributed by atoms with Crippen molar-refractivity contribution in [3.8, 4) is 28.3 Å². The summed E-state index contributed by atoms with van der Waals surface area (Å²) in [6.07, 6.45) is 5.11. The number of hydrogen-bond acceptors (Lipinski definition) is 6. The molecule has 3 aromatic heterocycles. The SMILES string of the molecule is Nc1ncccc1-c1nc2ccc(-c3ccccc3)nc2n1-c1ccc(CN2CCC3(CC2)CCN(C(=O)O)CC3)cc1. The Morgan fingerprint density at radius 3 is 2.26 bits per heavy atom. The quantitative estimate of drug-likeness (QED) is 0.262. The number of nitrogens with two attached hydrogens (primary N) is 1. The van der Waals surface area contributed by atoms with Gasteiger partial charge in [0, 0.05) is 37.1 Å². The Labute approximate surface area is 250 Å². The number of likely N-dealkylation sites (tertiary alicyclic amines) is 2. The molecule has 218 valence electrons. The monoisotopic (exact) mass is 573 g/mol. The van der Waals surface area contributed by atoms with Crippen molar-refractivity contribution >= 4 is 23.1 Å². The van der Waals surface area contributed by atoms with Crippen molar-refractivity contribution < 1.29 is 9.90 Å². The highest BCUT2D eigenvalue weighted by Gasteiger charge is 2.38. The molecule has 2 aromatic carbocycles. The summed E-state index contributed by atoms with van der Waals surface area (Å²) in [5.41, 5.74) is 13.1. The molecule has 0 bridgehead atoms. The first-order chi connectivity index (χ1) is 21.0. The number of nitrogens with zero attached hydrogens (tertiary/aromatic N) is 6. The molecule has 5 aromatic rings. The van der Waals surface area contributed by atoms with E-state index in [0.29, 0.717) is 30.1 Å². The molecule has 1 amide bonds. The van der Waals surface area contributed by atoms with Crippen molar-refractivity contribution in [1.29, 1.82) is 0 Å². The van der Waals surface area contributed by atoms with Crippen LogP contribution in [0.1, 0.15) is 31.2 Å². The maximum absolute atomic E-state index is 11.3. The first kappa shape index (κ1) is 27.1. The lowest BCUT2D eigenvalue weighted by Gasteiger charge is -2.46.